The van der Waals surface area contributed by atoms with E-state index in [0.29, 0.717) is 5.57 Å². The molecule has 0 saturated carbocycles. The van der Waals surface area contributed by atoms with Crippen molar-refractivity contribution in [1.29, 1.82) is 5.26 Å². The fraction of sp³-hybridized carbons (Fsp3) is 0.214. The Morgan fingerprint density at radius 2 is 2.00 bits per heavy atom. The van der Waals surface area contributed by atoms with Gasteiger partial charge in [-0.25, -0.2) is 4.39 Å². The van der Waals surface area contributed by atoms with Gasteiger partial charge in [0.1, 0.15) is 17.8 Å². The molecule has 2 atom stereocenters. The maximum atomic E-state index is 13.6. The van der Waals surface area contributed by atoms with E-state index in [9.17, 15) is 4.39 Å². The number of nitrogens with zero attached hydrogens (tertiary/aromatic N) is 1. The zero-order valence-corrected chi connectivity index (χ0v) is 9.43. The highest BCUT2D eigenvalue weighted by Crippen LogP contribution is 2.31. The lowest BCUT2D eigenvalue weighted by Gasteiger charge is -2.18. The molecule has 1 aliphatic carbocycles. The summed E-state index contributed by atoms with van der Waals surface area (Å²) >= 11 is 0. The smallest absolute Gasteiger partial charge is 0.138 e. The molecule has 0 radical (unpaired) electrons. The summed E-state index contributed by atoms with van der Waals surface area (Å²) in [7, 11) is 1.59. The quantitative estimate of drug-likeness (QED) is 0.780. The van der Waals surface area contributed by atoms with Crippen molar-refractivity contribution in [1.82, 2.24) is 0 Å². The number of benzene rings is 1. The Kier molecular flexibility index (Phi) is 3.24. The van der Waals surface area contributed by atoms with E-state index in [2.05, 4.69) is 0 Å². The molecule has 3 heteroatoms. The van der Waals surface area contributed by atoms with E-state index in [1.165, 1.54) is 6.08 Å². The largest absolute Gasteiger partial charge is 0.497 e. The van der Waals surface area contributed by atoms with Crippen LogP contribution in [-0.4, -0.2) is 13.3 Å². The SMILES string of the molecule is COc1ccc(C2=CC=CC(F)C2C#N)cc1. The van der Waals surface area contributed by atoms with Crippen molar-refractivity contribution in [2.75, 3.05) is 7.11 Å². The predicted octanol–water partition coefficient (Wildman–Crippen LogP) is 3.13. The molecule has 17 heavy (non-hydrogen) atoms. The molecule has 0 amide bonds. The Balaban J connectivity index is 2.35. The first-order chi connectivity index (χ1) is 8.26. The van der Waals surface area contributed by atoms with Crippen molar-refractivity contribution in [3.05, 3.63) is 48.1 Å². The summed E-state index contributed by atoms with van der Waals surface area (Å²) in [6.07, 6.45) is 3.60. The predicted molar refractivity (Wildman–Crippen MR) is 64.1 cm³/mol. The van der Waals surface area contributed by atoms with Gasteiger partial charge >= 0.3 is 0 Å². The van der Waals surface area contributed by atoms with Crippen molar-refractivity contribution < 1.29 is 9.13 Å². The molecule has 0 saturated heterocycles. The van der Waals surface area contributed by atoms with Crippen LogP contribution in [-0.2, 0) is 0 Å². The van der Waals surface area contributed by atoms with Crippen LogP contribution in [0.5, 0.6) is 5.75 Å². The van der Waals surface area contributed by atoms with Crippen molar-refractivity contribution >= 4 is 5.57 Å². The van der Waals surface area contributed by atoms with Gasteiger partial charge in [-0.15, -0.1) is 0 Å². The third kappa shape index (κ3) is 2.21. The summed E-state index contributed by atoms with van der Waals surface area (Å²) in [5.74, 6) is 0.0133. The first-order valence-corrected chi connectivity index (χ1v) is 5.32. The molecule has 0 heterocycles. The fourth-order valence-corrected chi connectivity index (χ4v) is 1.85. The second kappa shape index (κ2) is 4.84. The van der Waals surface area contributed by atoms with Crippen molar-refractivity contribution in [2.45, 2.75) is 6.17 Å². The van der Waals surface area contributed by atoms with Gasteiger partial charge in [0, 0.05) is 0 Å². The molecule has 0 bridgehead atoms. The lowest BCUT2D eigenvalue weighted by atomic mass is 9.86. The van der Waals surface area contributed by atoms with Crippen LogP contribution in [0.4, 0.5) is 4.39 Å². The third-order valence-electron chi connectivity index (χ3n) is 2.79. The van der Waals surface area contributed by atoms with Crippen LogP contribution in [0.3, 0.4) is 0 Å². The number of hydrogen-bond acceptors (Lipinski definition) is 2. The maximum Gasteiger partial charge on any atom is 0.138 e. The molecule has 2 nitrogen and oxygen atoms in total. The van der Waals surface area contributed by atoms with Crippen LogP contribution in [0.25, 0.3) is 5.57 Å². The zero-order chi connectivity index (χ0) is 12.3. The van der Waals surface area contributed by atoms with Gasteiger partial charge in [-0.1, -0.05) is 24.3 Å². The number of rotatable bonds is 2. The number of nitriles is 1. The molecule has 0 fully saturated rings. The summed E-state index contributed by atoms with van der Waals surface area (Å²) in [6.45, 7) is 0. The Labute approximate surface area is 99.6 Å². The van der Waals surface area contributed by atoms with Gasteiger partial charge in [0.25, 0.3) is 0 Å². The lowest BCUT2D eigenvalue weighted by Crippen LogP contribution is -2.16. The molecule has 1 aromatic carbocycles. The van der Waals surface area contributed by atoms with Gasteiger partial charge in [-0.05, 0) is 29.3 Å². The number of methoxy groups -OCH3 is 1. The average molecular weight is 229 g/mol. The third-order valence-corrected chi connectivity index (χ3v) is 2.79. The number of halogens is 1. The first-order valence-electron chi connectivity index (χ1n) is 5.32. The van der Waals surface area contributed by atoms with Crippen LogP contribution in [0.15, 0.2) is 42.5 Å². The molecule has 0 aromatic heterocycles. The minimum absolute atomic E-state index is 0.713. The Morgan fingerprint density at radius 1 is 1.29 bits per heavy atom. The first kappa shape index (κ1) is 11.4. The van der Waals surface area contributed by atoms with E-state index in [1.54, 1.807) is 31.4 Å². The number of hydrogen-bond donors (Lipinski definition) is 0. The Bertz CT molecular complexity index is 496. The van der Waals surface area contributed by atoms with Crippen molar-refractivity contribution in [3.63, 3.8) is 0 Å². The standard InChI is InChI=1S/C14H12FNO/c1-17-11-7-5-10(6-8-11)12-3-2-4-14(15)13(12)9-16/h2-8,13-14H,1H3. The molecular formula is C14H12FNO. The topological polar surface area (TPSA) is 33.0 Å². The fourth-order valence-electron chi connectivity index (χ4n) is 1.85. The van der Waals surface area contributed by atoms with Crippen LogP contribution in [0.2, 0.25) is 0 Å². The molecule has 2 unspecified atom stereocenters. The monoisotopic (exact) mass is 229 g/mol. The average Bonchev–Trinajstić information content (AvgIpc) is 2.38. The second-order valence-corrected chi connectivity index (χ2v) is 3.79. The maximum absolute atomic E-state index is 13.6. The molecule has 1 aromatic rings. The molecule has 2 rings (SSSR count). The summed E-state index contributed by atoms with van der Waals surface area (Å²) in [5, 5.41) is 9.00. The van der Waals surface area contributed by atoms with E-state index < -0.39 is 12.1 Å². The summed E-state index contributed by atoms with van der Waals surface area (Å²) < 4.78 is 18.6. The minimum atomic E-state index is -1.23. The van der Waals surface area contributed by atoms with Crippen LogP contribution < -0.4 is 4.74 Å². The molecule has 1 aliphatic rings. The van der Waals surface area contributed by atoms with Gasteiger partial charge in [-0.3, -0.25) is 0 Å². The summed E-state index contributed by atoms with van der Waals surface area (Å²) in [6, 6.07) is 9.28. The molecule has 0 N–H and O–H groups in total. The number of ether oxygens (including phenoxy) is 1. The lowest BCUT2D eigenvalue weighted by molar-refractivity contribution is 0.364. The van der Waals surface area contributed by atoms with E-state index in [1.807, 2.05) is 18.2 Å². The van der Waals surface area contributed by atoms with E-state index >= 15 is 0 Å². The Hall–Kier alpha value is -2.08. The molecule has 0 spiro atoms. The summed E-state index contributed by atoms with van der Waals surface area (Å²) in [5.41, 5.74) is 1.56. The number of alkyl halides is 1. The van der Waals surface area contributed by atoms with E-state index in [0.717, 1.165) is 11.3 Å². The van der Waals surface area contributed by atoms with Crippen LogP contribution in [0.1, 0.15) is 5.56 Å². The Morgan fingerprint density at radius 3 is 2.59 bits per heavy atom. The normalized spacial score (nSPS) is 22.8. The van der Waals surface area contributed by atoms with Crippen molar-refractivity contribution in [2.24, 2.45) is 5.92 Å². The van der Waals surface area contributed by atoms with Crippen molar-refractivity contribution in [3.8, 4) is 11.8 Å². The van der Waals surface area contributed by atoms with Crippen LogP contribution in [0, 0.1) is 17.2 Å². The minimum Gasteiger partial charge on any atom is -0.497 e. The highest BCUT2D eigenvalue weighted by molar-refractivity contribution is 5.73. The van der Waals surface area contributed by atoms with Gasteiger partial charge in [0.15, 0.2) is 0 Å². The van der Waals surface area contributed by atoms with Gasteiger partial charge < -0.3 is 4.74 Å². The summed E-state index contributed by atoms with van der Waals surface area (Å²) in [4.78, 5) is 0. The van der Waals surface area contributed by atoms with Gasteiger partial charge in [-0.2, -0.15) is 5.26 Å². The van der Waals surface area contributed by atoms with E-state index in [4.69, 9.17) is 10.00 Å². The van der Waals surface area contributed by atoms with E-state index in [-0.39, 0.29) is 0 Å². The zero-order valence-electron chi connectivity index (χ0n) is 9.43. The van der Waals surface area contributed by atoms with Gasteiger partial charge in [0.2, 0.25) is 0 Å². The van der Waals surface area contributed by atoms with Gasteiger partial charge in [0.05, 0.1) is 13.2 Å². The molecule has 0 aliphatic heterocycles. The second-order valence-electron chi connectivity index (χ2n) is 3.79. The van der Waals surface area contributed by atoms with Crippen LogP contribution >= 0.6 is 0 Å². The molecular weight excluding hydrogens is 217 g/mol. The highest BCUT2D eigenvalue weighted by atomic mass is 19.1. The molecule has 86 valence electrons. The number of allylic oxidation sites excluding steroid dienone is 4. The highest BCUT2D eigenvalue weighted by Gasteiger charge is 2.25.